The van der Waals surface area contributed by atoms with Crippen LogP contribution in [0.5, 0.6) is 0 Å². The van der Waals surface area contributed by atoms with E-state index in [-0.39, 0.29) is 18.1 Å². The molecule has 0 aliphatic carbocycles. The average Bonchev–Trinajstić information content (AvgIpc) is 2.27. The van der Waals surface area contributed by atoms with E-state index in [1.54, 1.807) is 5.06 Å². The van der Waals surface area contributed by atoms with Crippen molar-refractivity contribution in [1.29, 1.82) is 0 Å². The number of carbonyl (C=O) groups excluding carboxylic acids is 1. The van der Waals surface area contributed by atoms with Crippen molar-refractivity contribution in [3.8, 4) is 0 Å². The van der Waals surface area contributed by atoms with Gasteiger partial charge in [-0.3, -0.25) is 9.63 Å². The molecular weight excluding hydrogens is 190 g/mol. The van der Waals surface area contributed by atoms with E-state index < -0.39 is 0 Å². The lowest BCUT2D eigenvalue weighted by atomic mass is 10.0. The number of hydroxylamine groups is 2. The fourth-order valence-corrected chi connectivity index (χ4v) is 2.05. The second-order valence-corrected chi connectivity index (χ2v) is 4.03. The smallest absolute Gasteiger partial charge is 0.250 e. The fraction of sp³-hybridized carbons (Fsp3) is 0.583. The first-order valence-corrected chi connectivity index (χ1v) is 5.58. The summed E-state index contributed by atoms with van der Waals surface area (Å²) in [6.07, 6.45) is 11.7. The predicted octanol–water partition coefficient (Wildman–Crippen LogP) is 2.20. The minimum Gasteiger partial charge on any atom is -0.272 e. The van der Waals surface area contributed by atoms with Crippen LogP contribution in [0.1, 0.15) is 32.6 Å². The van der Waals surface area contributed by atoms with Gasteiger partial charge in [-0.2, -0.15) is 0 Å². The number of carbonyl (C=O) groups is 1. The highest BCUT2D eigenvalue weighted by Crippen LogP contribution is 2.26. The Morgan fingerprint density at radius 3 is 3.27 bits per heavy atom. The van der Waals surface area contributed by atoms with E-state index in [1.807, 2.05) is 19.1 Å². The second kappa shape index (κ2) is 4.62. The molecule has 3 nitrogen and oxygen atoms in total. The summed E-state index contributed by atoms with van der Waals surface area (Å²) in [5.41, 5.74) is 0. The van der Waals surface area contributed by atoms with E-state index in [9.17, 15) is 4.79 Å². The van der Waals surface area contributed by atoms with E-state index in [1.165, 1.54) is 0 Å². The van der Waals surface area contributed by atoms with Gasteiger partial charge in [-0.1, -0.05) is 24.3 Å². The van der Waals surface area contributed by atoms with Gasteiger partial charge < -0.3 is 0 Å². The summed E-state index contributed by atoms with van der Waals surface area (Å²) >= 11 is 0. The molecule has 0 spiro atoms. The van der Waals surface area contributed by atoms with Gasteiger partial charge in [0.25, 0.3) is 0 Å². The molecule has 0 radical (unpaired) electrons. The van der Waals surface area contributed by atoms with Gasteiger partial charge >= 0.3 is 0 Å². The van der Waals surface area contributed by atoms with Crippen LogP contribution in [0.3, 0.4) is 0 Å². The number of hydrogen-bond acceptors (Lipinski definition) is 2. The third kappa shape index (κ3) is 2.29. The normalized spacial score (nSPS) is 31.0. The van der Waals surface area contributed by atoms with Gasteiger partial charge in [0.05, 0.1) is 12.1 Å². The molecule has 0 aromatic heterocycles. The zero-order valence-electron chi connectivity index (χ0n) is 9.06. The number of hydrogen-bond donors (Lipinski definition) is 0. The average molecular weight is 207 g/mol. The maximum Gasteiger partial charge on any atom is 0.250 e. The molecule has 2 rings (SSSR count). The van der Waals surface area contributed by atoms with E-state index in [4.69, 9.17) is 4.84 Å². The maximum atomic E-state index is 11.6. The molecule has 0 saturated carbocycles. The molecule has 1 fully saturated rings. The standard InChI is InChI=1S/C12H17NO2/c1-2-3-6-11-9-8-10-5-4-7-12(14)13(10)15-11/h2-5,10-11H,6-9H2,1H3/b3-2+/t10-,11+/m0/s1. The maximum absolute atomic E-state index is 11.6. The second-order valence-electron chi connectivity index (χ2n) is 4.03. The summed E-state index contributed by atoms with van der Waals surface area (Å²) in [5.74, 6) is 0.0904. The van der Waals surface area contributed by atoms with Crippen LogP contribution < -0.4 is 0 Å². The van der Waals surface area contributed by atoms with Crippen molar-refractivity contribution in [2.24, 2.45) is 0 Å². The molecule has 3 heteroatoms. The molecule has 0 unspecified atom stereocenters. The SMILES string of the molecule is C/C=C/C[C@@H]1CC[C@@H]2C=CCC(=O)N2O1. The summed E-state index contributed by atoms with van der Waals surface area (Å²) in [5, 5.41) is 1.57. The molecule has 1 amide bonds. The molecule has 2 aliphatic rings. The summed E-state index contributed by atoms with van der Waals surface area (Å²) in [4.78, 5) is 17.3. The van der Waals surface area contributed by atoms with Crippen LogP contribution in [0, 0.1) is 0 Å². The molecule has 1 saturated heterocycles. The van der Waals surface area contributed by atoms with Gasteiger partial charge in [-0.05, 0) is 26.2 Å². The summed E-state index contributed by atoms with van der Waals surface area (Å²) in [6.45, 7) is 2.00. The zero-order chi connectivity index (χ0) is 10.7. The van der Waals surface area contributed by atoms with Crippen LogP contribution in [0.4, 0.5) is 0 Å². The van der Waals surface area contributed by atoms with Crippen molar-refractivity contribution in [3.05, 3.63) is 24.3 Å². The van der Waals surface area contributed by atoms with Crippen molar-refractivity contribution < 1.29 is 9.63 Å². The molecule has 2 atom stereocenters. The first kappa shape index (κ1) is 10.4. The van der Waals surface area contributed by atoms with E-state index in [0.29, 0.717) is 6.42 Å². The van der Waals surface area contributed by atoms with Crippen LogP contribution >= 0.6 is 0 Å². The Hall–Kier alpha value is -1.09. The lowest BCUT2D eigenvalue weighted by Crippen LogP contribution is -2.47. The Morgan fingerprint density at radius 2 is 2.47 bits per heavy atom. The zero-order valence-corrected chi connectivity index (χ0v) is 9.06. The molecule has 0 bridgehead atoms. The van der Waals surface area contributed by atoms with Gasteiger partial charge in [-0.25, -0.2) is 5.06 Å². The van der Waals surface area contributed by atoms with Crippen molar-refractivity contribution in [1.82, 2.24) is 5.06 Å². The monoisotopic (exact) mass is 207 g/mol. The molecule has 2 heterocycles. The van der Waals surface area contributed by atoms with E-state index in [0.717, 1.165) is 19.3 Å². The number of fused-ring (bicyclic) bond motifs is 1. The first-order valence-electron chi connectivity index (χ1n) is 5.58. The minimum absolute atomic E-state index is 0.0904. The Balaban J connectivity index is 1.97. The van der Waals surface area contributed by atoms with Crippen LogP contribution in [0.15, 0.2) is 24.3 Å². The van der Waals surface area contributed by atoms with Crippen LogP contribution in [-0.2, 0) is 9.63 Å². The van der Waals surface area contributed by atoms with Crippen LogP contribution in [0.2, 0.25) is 0 Å². The Kier molecular flexibility index (Phi) is 3.21. The van der Waals surface area contributed by atoms with Crippen molar-refractivity contribution in [3.63, 3.8) is 0 Å². The number of nitrogens with zero attached hydrogens (tertiary/aromatic N) is 1. The highest BCUT2D eigenvalue weighted by atomic mass is 16.7. The molecule has 15 heavy (non-hydrogen) atoms. The minimum atomic E-state index is 0.0904. The number of amides is 1. The topological polar surface area (TPSA) is 29.5 Å². The van der Waals surface area contributed by atoms with Gasteiger partial charge in [0.2, 0.25) is 5.91 Å². The highest BCUT2D eigenvalue weighted by molar-refractivity contribution is 5.78. The Morgan fingerprint density at radius 1 is 1.60 bits per heavy atom. The van der Waals surface area contributed by atoms with Gasteiger partial charge in [-0.15, -0.1) is 0 Å². The highest BCUT2D eigenvalue weighted by Gasteiger charge is 2.32. The lowest BCUT2D eigenvalue weighted by molar-refractivity contribution is -0.234. The summed E-state index contributed by atoms with van der Waals surface area (Å²) in [6, 6.07) is 0.174. The molecule has 0 aromatic carbocycles. The van der Waals surface area contributed by atoms with Crippen molar-refractivity contribution >= 4 is 5.91 Å². The van der Waals surface area contributed by atoms with Crippen molar-refractivity contribution in [2.45, 2.75) is 44.8 Å². The van der Waals surface area contributed by atoms with Crippen molar-refractivity contribution in [2.75, 3.05) is 0 Å². The third-order valence-electron chi connectivity index (χ3n) is 2.88. The molecular formula is C12H17NO2. The largest absolute Gasteiger partial charge is 0.272 e. The van der Waals surface area contributed by atoms with Gasteiger partial charge in [0.1, 0.15) is 0 Å². The first-order chi connectivity index (χ1) is 7.31. The van der Waals surface area contributed by atoms with E-state index >= 15 is 0 Å². The van der Waals surface area contributed by atoms with Gasteiger partial charge in [0.15, 0.2) is 0 Å². The number of rotatable bonds is 2. The quantitative estimate of drug-likeness (QED) is 0.650. The molecule has 2 aliphatic heterocycles. The molecule has 0 N–H and O–H groups in total. The van der Waals surface area contributed by atoms with Gasteiger partial charge in [0, 0.05) is 6.42 Å². The van der Waals surface area contributed by atoms with E-state index in [2.05, 4.69) is 12.2 Å². The third-order valence-corrected chi connectivity index (χ3v) is 2.88. The Bertz CT molecular complexity index is 296. The van der Waals surface area contributed by atoms with Crippen LogP contribution in [-0.4, -0.2) is 23.1 Å². The number of allylic oxidation sites excluding steroid dienone is 1. The molecule has 0 aromatic rings. The predicted molar refractivity (Wildman–Crippen MR) is 57.9 cm³/mol. The molecule has 82 valence electrons. The van der Waals surface area contributed by atoms with Crippen LogP contribution in [0.25, 0.3) is 0 Å². The fourth-order valence-electron chi connectivity index (χ4n) is 2.05. The Labute approximate surface area is 90.4 Å². The summed E-state index contributed by atoms with van der Waals surface area (Å²) < 4.78 is 0. The summed E-state index contributed by atoms with van der Waals surface area (Å²) in [7, 11) is 0. The lowest BCUT2D eigenvalue weighted by Gasteiger charge is -2.38.